The third-order valence-corrected chi connectivity index (χ3v) is 3.15. The Balaban J connectivity index is 2.58. The second kappa shape index (κ2) is 4.03. The van der Waals surface area contributed by atoms with Gasteiger partial charge in [0, 0.05) is 10.9 Å². The summed E-state index contributed by atoms with van der Waals surface area (Å²) in [6.45, 7) is 0.610. The minimum Gasteiger partial charge on any atom is -0.492 e. The van der Waals surface area contributed by atoms with E-state index in [1.54, 1.807) is 0 Å². The molecule has 0 fully saturated rings. The Hall–Kier alpha value is -0.350. The first-order chi connectivity index (χ1) is 6.68. The quantitative estimate of drug-likeness (QED) is 0.730. The smallest absolute Gasteiger partial charge is 0.166 e. The molecule has 2 nitrogen and oxygen atoms in total. The van der Waals surface area contributed by atoms with Crippen molar-refractivity contribution in [1.82, 2.24) is 0 Å². The molecule has 14 heavy (non-hydrogen) atoms. The van der Waals surface area contributed by atoms with Crippen LogP contribution in [0.4, 0.5) is 0 Å². The Morgan fingerprint density at radius 2 is 2.07 bits per heavy atom. The van der Waals surface area contributed by atoms with E-state index in [9.17, 15) is 4.79 Å². The summed E-state index contributed by atoms with van der Waals surface area (Å²) in [5.41, 5.74) is 0.670. The molecule has 0 unspecified atom stereocenters. The number of ether oxygens (including phenoxy) is 1. The average molecular weight is 320 g/mol. The first kappa shape index (κ1) is 10.2. The first-order valence-corrected chi connectivity index (χ1v) is 5.92. The van der Waals surface area contributed by atoms with Crippen LogP contribution in [0.1, 0.15) is 23.2 Å². The lowest BCUT2D eigenvalue weighted by Gasteiger charge is -2.08. The van der Waals surface area contributed by atoms with E-state index in [4.69, 9.17) is 4.74 Å². The van der Waals surface area contributed by atoms with Crippen molar-refractivity contribution in [2.75, 3.05) is 6.61 Å². The van der Waals surface area contributed by atoms with Gasteiger partial charge in [0.25, 0.3) is 0 Å². The number of halogens is 2. The summed E-state index contributed by atoms with van der Waals surface area (Å²) in [5, 5.41) is 0. The largest absolute Gasteiger partial charge is 0.492 e. The van der Waals surface area contributed by atoms with Crippen LogP contribution in [0.15, 0.2) is 21.1 Å². The number of rotatable bonds is 0. The van der Waals surface area contributed by atoms with Crippen molar-refractivity contribution >= 4 is 37.6 Å². The van der Waals surface area contributed by atoms with Gasteiger partial charge in [0.15, 0.2) is 5.78 Å². The van der Waals surface area contributed by atoms with Gasteiger partial charge in [0.2, 0.25) is 0 Å². The highest BCUT2D eigenvalue weighted by atomic mass is 79.9. The first-order valence-electron chi connectivity index (χ1n) is 4.33. The number of hydrogen-bond donors (Lipinski definition) is 0. The zero-order valence-electron chi connectivity index (χ0n) is 7.35. The van der Waals surface area contributed by atoms with E-state index in [2.05, 4.69) is 31.9 Å². The van der Waals surface area contributed by atoms with E-state index in [1.165, 1.54) is 0 Å². The van der Waals surface area contributed by atoms with Gasteiger partial charge < -0.3 is 4.74 Å². The van der Waals surface area contributed by atoms with Crippen LogP contribution in [0.5, 0.6) is 5.75 Å². The van der Waals surface area contributed by atoms with E-state index < -0.39 is 0 Å². The molecular weight excluding hydrogens is 312 g/mol. The molecule has 1 heterocycles. The lowest BCUT2D eigenvalue weighted by Crippen LogP contribution is -1.98. The Morgan fingerprint density at radius 3 is 2.86 bits per heavy atom. The molecule has 4 heteroatoms. The number of fused-ring (bicyclic) bond motifs is 1. The molecule has 2 rings (SSSR count). The third kappa shape index (κ3) is 1.86. The fraction of sp³-hybridized carbons (Fsp3) is 0.300. The highest BCUT2D eigenvalue weighted by Crippen LogP contribution is 2.35. The van der Waals surface area contributed by atoms with E-state index in [0.717, 1.165) is 15.4 Å². The fourth-order valence-corrected chi connectivity index (χ4v) is 2.80. The van der Waals surface area contributed by atoms with E-state index in [0.29, 0.717) is 24.3 Å². The van der Waals surface area contributed by atoms with Crippen molar-refractivity contribution in [1.29, 1.82) is 0 Å². The minimum atomic E-state index is 0.152. The highest BCUT2D eigenvalue weighted by Gasteiger charge is 2.19. The summed E-state index contributed by atoms with van der Waals surface area (Å²) in [4.78, 5) is 11.7. The maximum absolute atomic E-state index is 11.7. The summed E-state index contributed by atoms with van der Waals surface area (Å²) in [5.74, 6) is 0.829. The van der Waals surface area contributed by atoms with Crippen molar-refractivity contribution in [3.05, 3.63) is 26.6 Å². The van der Waals surface area contributed by atoms with Gasteiger partial charge in [0.05, 0.1) is 16.6 Å². The van der Waals surface area contributed by atoms with Gasteiger partial charge in [-0.05, 0) is 34.5 Å². The molecule has 0 saturated carbocycles. The van der Waals surface area contributed by atoms with Crippen LogP contribution in [-0.2, 0) is 0 Å². The summed E-state index contributed by atoms with van der Waals surface area (Å²) in [6.07, 6.45) is 1.35. The summed E-state index contributed by atoms with van der Waals surface area (Å²) >= 11 is 6.74. The monoisotopic (exact) mass is 318 g/mol. The predicted molar refractivity (Wildman–Crippen MR) is 60.9 cm³/mol. The van der Waals surface area contributed by atoms with E-state index >= 15 is 0 Å². The standard InChI is InChI=1S/C10H8Br2O2/c11-6-4-7-9(13)2-1-3-14-10(7)8(12)5-6/h4-5H,1-3H2. The predicted octanol–water partition coefficient (Wildman–Crippen LogP) is 3.57. The van der Waals surface area contributed by atoms with Crippen LogP contribution >= 0.6 is 31.9 Å². The lowest BCUT2D eigenvalue weighted by atomic mass is 10.1. The zero-order chi connectivity index (χ0) is 10.1. The normalized spacial score (nSPS) is 15.7. The van der Waals surface area contributed by atoms with Gasteiger partial charge in [-0.15, -0.1) is 0 Å². The Morgan fingerprint density at radius 1 is 1.29 bits per heavy atom. The van der Waals surface area contributed by atoms with Crippen molar-refractivity contribution < 1.29 is 9.53 Å². The maximum Gasteiger partial charge on any atom is 0.166 e. The van der Waals surface area contributed by atoms with Crippen molar-refractivity contribution in [2.45, 2.75) is 12.8 Å². The zero-order valence-corrected chi connectivity index (χ0v) is 10.5. The van der Waals surface area contributed by atoms with Gasteiger partial charge >= 0.3 is 0 Å². The highest BCUT2D eigenvalue weighted by molar-refractivity contribution is 9.11. The van der Waals surface area contributed by atoms with Crippen LogP contribution in [0.2, 0.25) is 0 Å². The number of carbonyl (C=O) groups is 1. The van der Waals surface area contributed by atoms with Crippen LogP contribution in [-0.4, -0.2) is 12.4 Å². The second-order valence-corrected chi connectivity index (χ2v) is 4.91. The minimum absolute atomic E-state index is 0.152. The van der Waals surface area contributed by atoms with Crippen molar-refractivity contribution in [2.24, 2.45) is 0 Å². The molecule has 1 aliphatic heterocycles. The van der Waals surface area contributed by atoms with Gasteiger partial charge in [-0.3, -0.25) is 4.79 Å². The van der Waals surface area contributed by atoms with Gasteiger partial charge in [-0.25, -0.2) is 0 Å². The number of benzene rings is 1. The SMILES string of the molecule is O=C1CCCOc2c(Br)cc(Br)cc21. The molecule has 0 radical (unpaired) electrons. The number of hydrogen-bond acceptors (Lipinski definition) is 2. The molecule has 0 saturated heterocycles. The summed E-state index contributed by atoms with van der Waals surface area (Å²) in [6, 6.07) is 3.70. The fourth-order valence-electron chi connectivity index (χ4n) is 1.46. The molecule has 1 aromatic rings. The molecule has 0 bridgehead atoms. The van der Waals surface area contributed by atoms with Gasteiger partial charge in [-0.1, -0.05) is 15.9 Å². The van der Waals surface area contributed by atoms with Crippen LogP contribution in [0.3, 0.4) is 0 Å². The molecule has 0 amide bonds. The van der Waals surface area contributed by atoms with Crippen molar-refractivity contribution in [3.63, 3.8) is 0 Å². The molecule has 74 valence electrons. The van der Waals surface area contributed by atoms with Crippen LogP contribution < -0.4 is 4.74 Å². The second-order valence-electron chi connectivity index (χ2n) is 3.14. The van der Waals surface area contributed by atoms with Gasteiger partial charge in [-0.2, -0.15) is 0 Å². The van der Waals surface area contributed by atoms with Crippen LogP contribution in [0.25, 0.3) is 0 Å². The Kier molecular flexibility index (Phi) is 2.93. The van der Waals surface area contributed by atoms with Crippen molar-refractivity contribution in [3.8, 4) is 5.75 Å². The van der Waals surface area contributed by atoms with E-state index in [-0.39, 0.29) is 5.78 Å². The molecule has 0 spiro atoms. The topological polar surface area (TPSA) is 26.3 Å². The third-order valence-electron chi connectivity index (χ3n) is 2.10. The number of ketones is 1. The molecular formula is C10H8Br2O2. The molecule has 0 atom stereocenters. The average Bonchev–Trinajstić information content (AvgIpc) is 2.29. The Labute approximate surface area is 98.9 Å². The lowest BCUT2D eigenvalue weighted by molar-refractivity contribution is 0.0983. The molecule has 0 aromatic heterocycles. The van der Waals surface area contributed by atoms with E-state index in [1.807, 2.05) is 12.1 Å². The molecule has 0 aliphatic carbocycles. The molecule has 1 aliphatic rings. The number of Topliss-reactive ketones (excluding diaryl/α,β-unsaturated/α-hetero) is 1. The van der Waals surface area contributed by atoms with Gasteiger partial charge in [0.1, 0.15) is 5.75 Å². The maximum atomic E-state index is 11.7. The number of carbonyl (C=O) groups excluding carboxylic acids is 1. The van der Waals surface area contributed by atoms with Crippen LogP contribution in [0, 0.1) is 0 Å². The summed E-state index contributed by atoms with van der Waals surface area (Å²) in [7, 11) is 0. The molecule has 1 aromatic carbocycles. The molecule has 0 N–H and O–H groups in total. The Bertz CT molecular complexity index is 388. The summed E-state index contributed by atoms with van der Waals surface area (Å²) < 4.78 is 7.24.